The number of amides is 3. The van der Waals surface area contributed by atoms with Crippen LogP contribution in [0.15, 0.2) is 0 Å². The predicted octanol–water partition coefficient (Wildman–Crippen LogP) is -1.88. The fourth-order valence-corrected chi connectivity index (χ4v) is 2.87. The maximum absolute atomic E-state index is 12.8. The molecule has 1 saturated heterocycles. The van der Waals surface area contributed by atoms with Gasteiger partial charge in [-0.05, 0) is 18.8 Å². The first-order valence-electron chi connectivity index (χ1n) is 8.63. The van der Waals surface area contributed by atoms with Crippen LogP contribution in [0.1, 0.15) is 33.1 Å². The lowest BCUT2D eigenvalue weighted by molar-refractivity contribution is -0.148. The van der Waals surface area contributed by atoms with Crippen molar-refractivity contribution in [1.29, 1.82) is 0 Å². The van der Waals surface area contributed by atoms with Crippen LogP contribution < -0.4 is 16.4 Å². The summed E-state index contributed by atoms with van der Waals surface area (Å²) in [7, 11) is 0. The highest BCUT2D eigenvalue weighted by Gasteiger charge is 2.39. The first-order valence-corrected chi connectivity index (χ1v) is 8.63. The van der Waals surface area contributed by atoms with Gasteiger partial charge < -0.3 is 31.5 Å². The van der Waals surface area contributed by atoms with E-state index in [1.54, 1.807) is 13.8 Å². The van der Waals surface area contributed by atoms with Crippen LogP contribution in [0.2, 0.25) is 0 Å². The molecule has 27 heavy (non-hydrogen) atoms. The van der Waals surface area contributed by atoms with E-state index in [-0.39, 0.29) is 19.0 Å². The number of nitrogens with one attached hydrogen (secondary N) is 2. The van der Waals surface area contributed by atoms with Crippen molar-refractivity contribution in [3.05, 3.63) is 0 Å². The van der Waals surface area contributed by atoms with Crippen LogP contribution in [0.4, 0.5) is 0 Å². The average molecular weight is 386 g/mol. The van der Waals surface area contributed by atoms with Gasteiger partial charge in [0.2, 0.25) is 17.7 Å². The van der Waals surface area contributed by atoms with Gasteiger partial charge in [0.1, 0.15) is 18.1 Å². The number of nitrogens with two attached hydrogens (primary N) is 1. The van der Waals surface area contributed by atoms with Gasteiger partial charge in [-0.25, -0.2) is 4.79 Å². The fourth-order valence-electron chi connectivity index (χ4n) is 2.87. The van der Waals surface area contributed by atoms with E-state index in [4.69, 9.17) is 15.9 Å². The second-order valence-corrected chi connectivity index (χ2v) is 6.68. The predicted molar refractivity (Wildman–Crippen MR) is 92.4 cm³/mol. The van der Waals surface area contributed by atoms with Gasteiger partial charge in [0, 0.05) is 6.54 Å². The van der Waals surface area contributed by atoms with Crippen molar-refractivity contribution >= 4 is 29.7 Å². The number of hydrogen-bond acceptors (Lipinski definition) is 6. The second-order valence-electron chi connectivity index (χ2n) is 6.68. The lowest BCUT2D eigenvalue weighted by atomic mass is 10.0. The Balaban J connectivity index is 2.90. The van der Waals surface area contributed by atoms with Gasteiger partial charge in [0.25, 0.3) is 0 Å². The number of likely N-dealkylation sites (tertiary alicyclic amines) is 1. The SMILES string of the molecule is CC(C)C(NC(=O)CN)C(=O)N1CCCC1C(=O)NC(CC(=O)O)C(=O)O. The summed E-state index contributed by atoms with van der Waals surface area (Å²) in [4.78, 5) is 60.0. The van der Waals surface area contributed by atoms with Gasteiger partial charge in [-0.1, -0.05) is 13.8 Å². The summed E-state index contributed by atoms with van der Waals surface area (Å²) < 4.78 is 0. The van der Waals surface area contributed by atoms with Crippen LogP contribution in [0.25, 0.3) is 0 Å². The standard InChI is InChI=1S/C16H26N4O7/c1-8(2)13(19-11(21)7-17)15(25)20-5-3-4-10(20)14(24)18-9(16(26)27)6-12(22)23/h8-10,13H,3-7,17H2,1-2H3,(H,18,24)(H,19,21)(H,22,23)(H,26,27). The third-order valence-electron chi connectivity index (χ3n) is 4.27. The van der Waals surface area contributed by atoms with Gasteiger partial charge >= 0.3 is 11.9 Å². The van der Waals surface area contributed by atoms with Crippen LogP contribution in [0.3, 0.4) is 0 Å². The van der Waals surface area contributed by atoms with E-state index in [2.05, 4.69) is 10.6 Å². The molecule has 3 atom stereocenters. The average Bonchev–Trinajstić information content (AvgIpc) is 3.07. The normalized spacial score (nSPS) is 18.7. The summed E-state index contributed by atoms with van der Waals surface area (Å²) in [6.07, 6.45) is 0.0612. The fraction of sp³-hybridized carbons (Fsp3) is 0.688. The minimum absolute atomic E-state index is 0.254. The Hall–Kier alpha value is -2.69. The van der Waals surface area contributed by atoms with Crippen LogP contribution in [-0.4, -0.2) is 76.0 Å². The lowest BCUT2D eigenvalue weighted by Crippen LogP contribution is -2.57. The van der Waals surface area contributed by atoms with E-state index in [9.17, 15) is 24.0 Å². The molecule has 1 heterocycles. The summed E-state index contributed by atoms with van der Waals surface area (Å²) in [5.41, 5.74) is 5.27. The van der Waals surface area contributed by atoms with Crippen LogP contribution >= 0.6 is 0 Å². The lowest BCUT2D eigenvalue weighted by Gasteiger charge is -2.30. The molecule has 6 N–H and O–H groups in total. The van der Waals surface area contributed by atoms with Crippen molar-refractivity contribution in [2.45, 2.75) is 51.2 Å². The molecule has 0 saturated carbocycles. The quantitative estimate of drug-likeness (QED) is 0.305. The largest absolute Gasteiger partial charge is 0.481 e. The maximum Gasteiger partial charge on any atom is 0.326 e. The third-order valence-corrected chi connectivity index (χ3v) is 4.27. The Morgan fingerprint density at radius 1 is 1.15 bits per heavy atom. The number of nitrogens with zero attached hydrogens (tertiary/aromatic N) is 1. The number of carboxylic acids is 2. The zero-order valence-electron chi connectivity index (χ0n) is 15.3. The van der Waals surface area contributed by atoms with E-state index >= 15 is 0 Å². The van der Waals surface area contributed by atoms with Crippen molar-refractivity contribution in [3.63, 3.8) is 0 Å². The summed E-state index contributed by atoms with van der Waals surface area (Å²) >= 11 is 0. The number of aliphatic carboxylic acids is 2. The molecular weight excluding hydrogens is 360 g/mol. The molecule has 152 valence electrons. The van der Waals surface area contributed by atoms with Crippen molar-refractivity contribution in [3.8, 4) is 0 Å². The van der Waals surface area contributed by atoms with Crippen molar-refractivity contribution in [2.75, 3.05) is 13.1 Å². The van der Waals surface area contributed by atoms with Crippen molar-refractivity contribution < 1.29 is 34.2 Å². The van der Waals surface area contributed by atoms with Gasteiger partial charge in [-0.15, -0.1) is 0 Å². The molecule has 1 rings (SSSR count). The first kappa shape index (κ1) is 22.4. The summed E-state index contributed by atoms with van der Waals surface area (Å²) in [5.74, 6) is -4.80. The van der Waals surface area contributed by atoms with Crippen LogP contribution in [0.5, 0.6) is 0 Å². The summed E-state index contributed by atoms with van der Waals surface area (Å²) in [5, 5.41) is 22.5. The molecule has 0 aromatic rings. The van der Waals surface area contributed by atoms with E-state index in [0.29, 0.717) is 12.8 Å². The highest BCUT2D eigenvalue weighted by atomic mass is 16.4. The molecule has 1 fully saturated rings. The van der Waals surface area contributed by atoms with Crippen LogP contribution in [0, 0.1) is 5.92 Å². The number of carbonyl (C=O) groups is 5. The molecular formula is C16H26N4O7. The highest BCUT2D eigenvalue weighted by Crippen LogP contribution is 2.20. The Kier molecular flexibility index (Phi) is 8.16. The minimum atomic E-state index is -1.59. The second kappa shape index (κ2) is 9.86. The van der Waals surface area contributed by atoms with Gasteiger partial charge in [0.15, 0.2) is 0 Å². The molecule has 1 aliphatic rings. The Morgan fingerprint density at radius 2 is 1.78 bits per heavy atom. The topological polar surface area (TPSA) is 179 Å². The molecule has 0 aromatic heterocycles. The van der Waals surface area contributed by atoms with E-state index < -0.39 is 54.2 Å². The molecule has 0 bridgehead atoms. The monoisotopic (exact) mass is 386 g/mol. The molecule has 3 unspecified atom stereocenters. The van der Waals surface area contributed by atoms with E-state index in [1.807, 2.05) is 0 Å². The smallest absolute Gasteiger partial charge is 0.326 e. The molecule has 11 nitrogen and oxygen atoms in total. The molecule has 0 aromatic carbocycles. The van der Waals surface area contributed by atoms with Gasteiger partial charge in [0.05, 0.1) is 13.0 Å². The molecule has 3 amide bonds. The zero-order chi connectivity index (χ0) is 20.7. The van der Waals surface area contributed by atoms with Crippen molar-refractivity contribution in [1.82, 2.24) is 15.5 Å². The number of carbonyl (C=O) groups excluding carboxylic acids is 3. The molecule has 0 spiro atoms. The Bertz CT molecular complexity index is 608. The molecule has 11 heteroatoms. The Morgan fingerprint density at radius 3 is 2.26 bits per heavy atom. The number of carboxylic acid groups (broad SMARTS) is 2. The molecule has 0 aliphatic carbocycles. The maximum atomic E-state index is 12.8. The van der Waals surface area contributed by atoms with E-state index in [0.717, 1.165) is 0 Å². The summed E-state index contributed by atoms with van der Waals surface area (Å²) in [6.45, 7) is 3.46. The van der Waals surface area contributed by atoms with Crippen LogP contribution in [-0.2, 0) is 24.0 Å². The Labute approximate surface area is 156 Å². The minimum Gasteiger partial charge on any atom is -0.481 e. The number of hydrogen-bond donors (Lipinski definition) is 5. The first-order chi connectivity index (χ1) is 12.6. The van der Waals surface area contributed by atoms with Gasteiger partial charge in [-0.2, -0.15) is 0 Å². The summed E-state index contributed by atoms with van der Waals surface area (Å²) in [6, 6.07) is -3.39. The zero-order valence-corrected chi connectivity index (χ0v) is 15.3. The highest BCUT2D eigenvalue weighted by molar-refractivity contribution is 5.94. The molecule has 1 aliphatic heterocycles. The molecule has 0 radical (unpaired) electrons. The van der Waals surface area contributed by atoms with E-state index in [1.165, 1.54) is 4.90 Å². The van der Waals surface area contributed by atoms with Gasteiger partial charge in [-0.3, -0.25) is 19.2 Å². The third kappa shape index (κ3) is 6.20. The number of rotatable bonds is 9. The van der Waals surface area contributed by atoms with Crippen molar-refractivity contribution in [2.24, 2.45) is 11.7 Å².